The molecule has 0 bridgehead atoms. The van der Waals surface area contributed by atoms with Crippen LogP contribution in [-0.2, 0) is 17.8 Å². The number of aromatic nitrogens is 3. The lowest BCUT2D eigenvalue weighted by Crippen LogP contribution is -2.26. The van der Waals surface area contributed by atoms with Gasteiger partial charge in [0.2, 0.25) is 0 Å². The van der Waals surface area contributed by atoms with E-state index in [1.165, 1.54) is 0 Å². The maximum absolute atomic E-state index is 11.1. The Hall–Kier alpha value is -2.37. The zero-order valence-corrected chi connectivity index (χ0v) is 12.2. The molecule has 1 unspecified atom stereocenters. The third-order valence-corrected chi connectivity index (χ3v) is 3.86. The van der Waals surface area contributed by atoms with Crippen molar-refractivity contribution in [2.24, 2.45) is 5.92 Å². The first-order chi connectivity index (χ1) is 10.0. The number of carboxylic acids is 1. The molecule has 2 aromatic rings. The lowest BCUT2D eigenvalue weighted by molar-refractivity contribution is -0.142. The van der Waals surface area contributed by atoms with Crippen molar-refractivity contribution >= 4 is 11.7 Å². The maximum atomic E-state index is 11.1. The second-order valence-corrected chi connectivity index (χ2v) is 5.54. The molecule has 1 aliphatic rings. The van der Waals surface area contributed by atoms with E-state index < -0.39 is 5.97 Å². The van der Waals surface area contributed by atoms with E-state index in [0.717, 1.165) is 17.1 Å². The monoisotopic (exact) mass is 286 g/mol. The highest BCUT2D eigenvalue weighted by molar-refractivity contribution is 5.70. The maximum Gasteiger partial charge on any atom is 0.307 e. The summed E-state index contributed by atoms with van der Waals surface area (Å²) in [6, 6.07) is 8.03. The van der Waals surface area contributed by atoms with Gasteiger partial charge in [-0.25, -0.2) is 9.67 Å². The largest absolute Gasteiger partial charge is 0.481 e. The van der Waals surface area contributed by atoms with Gasteiger partial charge in [-0.2, -0.15) is 5.10 Å². The van der Waals surface area contributed by atoms with E-state index in [4.69, 9.17) is 5.11 Å². The molecule has 0 spiro atoms. The molecule has 0 amide bonds. The minimum atomic E-state index is -0.749. The molecule has 0 saturated heterocycles. The first kappa shape index (κ1) is 13.6. The van der Waals surface area contributed by atoms with Gasteiger partial charge in [-0.15, -0.1) is 0 Å². The second kappa shape index (κ2) is 5.20. The normalized spacial score (nSPS) is 17.3. The Morgan fingerprint density at radius 3 is 2.67 bits per heavy atom. The van der Waals surface area contributed by atoms with Crippen LogP contribution in [0, 0.1) is 5.92 Å². The van der Waals surface area contributed by atoms with Crippen LogP contribution >= 0.6 is 0 Å². The highest BCUT2D eigenvalue weighted by atomic mass is 16.4. The van der Waals surface area contributed by atoms with Crippen LogP contribution in [0.25, 0.3) is 11.4 Å². The average Bonchev–Trinajstić information content (AvgIpc) is 2.90. The van der Waals surface area contributed by atoms with Crippen LogP contribution in [-0.4, -0.2) is 39.9 Å². The molecule has 1 aromatic carbocycles. The summed E-state index contributed by atoms with van der Waals surface area (Å²) in [5, 5.41) is 13.6. The van der Waals surface area contributed by atoms with Crippen LogP contribution in [0.2, 0.25) is 0 Å². The molecule has 6 heteroatoms. The van der Waals surface area contributed by atoms with E-state index in [2.05, 4.69) is 10.1 Å². The number of carbonyl (C=O) groups is 1. The van der Waals surface area contributed by atoms with Crippen molar-refractivity contribution in [3.8, 4) is 11.4 Å². The Kier molecular flexibility index (Phi) is 3.37. The number of nitrogens with zero attached hydrogens (tertiary/aromatic N) is 4. The second-order valence-electron chi connectivity index (χ2n) is 5.54. The van der Waals surface area contributed by atoms with Crippen molar-refractivity contribution in [3.05, 3.63) is 30.1 Å². The predicted molar refractivity (Wildman–Crippen MR) is 79.2 cm³/mol. The molecule has 2 heterocycles. The first-order valence-electron chi connectivity index (χ1n) is 6.99. The van der Waals surface area contributed by atoms with Crippen molar-refractivity contribution in [1.29, 1.82) is 0 Å². The lowest BCUT2D eigenvalue weighted by atomic mass is 9.98. The minimum absolute atomic E-state index is 0.342. The van der Waals surface area contributed by atoms with Gasteiger partial charge in [0.25, 0.3) is 0 Å². The Labute approximate surface area is 123 Å². The van der Waals surface area contributed by atoms with E-state index in [-0.39, 0.29) is 5.92 Å². The van der Waals surface area contributed by atoms with E-state index in [1.807, 2.05) is 47.9 Å². The van der Waals surface area contributed by atoms with Gasteiger partial charge in [0, 0.05) is 38.3 Å². The molecular formula is C15H18N4O2. The van der Waals surface area contributed by atoms with Gasteiger partial charge in [-0.1, -0.05) is 0 Å². The number of hydrogen-bond donors (Lipinski definition) is 1. The molecule has 0 saturated carbocycles. The number of benzene rings is 1. The smallest absolute Gasteiger partial charge is 0.307 e. The van der Waals surface area contributed by atoms with Gasteiger partial charge in [0.15, 0.2) is 5.82 Å². The molecule has 1 atom stereocenters. The number of hydrogen-bond acceptors (Lipinski definition) is 4. The fraction of sp³-hybridized carbons (Fsp3) is 0.400. The Morgan fingerprint density at radius 2 is 2.05 bits per heavy atom. The van der Waals surface area contributed by atoms with Gasteiger partial charge in [-0.05, 0) is 30.7 Å². The van der Waals surface area contributed by atoms with Crippen molar-refractivity contribution < 1.29 is 9.90 Å². The summed E-state index contributed by atoms with van der Waals surface area (Å²) < 4.78 is 1.83. The number of anilines is 1. The first-order valence-corrected chi connectivity index (χ1v) is 6.99. The Balaban J connectivity index is 1.86. The predicted octanol–water partition coefficient (Wildman–Crippen LogP) is 1.66. The molecule has 0 aliphatic carbocycles. The third kappa shape index (κ3) is 2.61. The average molecular weight is 286 g/mol. The van der Waals surface area contributed by atoms with Crippen LogP contribution in [0.1, 0.15) is 12.2 Å². The molecule has 21 heavy (non-hydrogen) atoms. The Bertz CT molecular complexity index is 661. The number of aryl methyl sites for hydroxylation is 1. The topological polar surface area (TPSA) is 71.2 Å². The minimum Gasteiger partial charge on any atom is -0.481 e. The molecule has 1 N–H and O–H groups in total. The van der Waals surface area contributed by atoms with E-state index in [0.29, 0.717) is 25.2 Å². The van der Waals surface area contributed by atoms with Crippen LogP contribution in [0.4, 0.5) is 5.69 Å². The summed E-state index contributed by atoms with van der Waals surface area (Å²) in [4.78, 5) is 17.6. The van der Waals surface area contributed by atoms with Gasteiger partial charge in [0.1, 0.15) is 5.82 Å². The molecule has 110 valence electrons. The lowest BCUT2D eigenvalue weighted by Gasteiger charge is -2.17. The van der Waals surface area contributed by atoms with Crippen molar-refractivity contribution in [3.63, 3.8) is 0 Å². The standard InChI is InChI=1S/C15H18N4O2/c1-18(2)12-5-3-10(4-6-12)14-16-13-9-11(15(20)21)7-8-19(13)17-14/h3-6,11H,7-9H2,1-2H3,(H,20,21). The summed E-state index contributed by atoms with van der Waals surface area (Å²) in [5.74, 6) is 0.341. The van der Waals surface area contributed by atoms with Crippen molar-refractivity contribution in [2.45, 2.75) is 19.4 Å². The molecular weight excluding hydrogens is 268 g/mol. The quantitative estimate of drug-likeness (QED) is 0.929. The fourth-order valence-corrected chi connectivity index (χ4v) is 2.55. The molecule has 1 aliphatic heterocycles. The zero-order chi connectivity index (χ0) is 15.0. The summed E-state index contributed by atoms with van der Waals surface area (Å²) in [7, 11) is 3.99. The van der Waals surface area contributed by atoms with Gasteiger partial charge >= 0.3 is 5.97 Å². The van der Waals surface area contributed by atoms with Crippen LogP contribution in [0.5, 0.6) is 0 Å². The summed E-state index contributed by atoms with van der Waals surface area (Å²) in [6.07, 6.45) is 1.07. The molecule has 0 fully saturated rings. The number of aliphatic carboxylic acids is 1. The van der Waals surface area contributed by atoms with Crippen LogP contribution < -0.4 is 4.90 Å². The van der Waals surface area contributed by atoms with Crippen LogP contribution in [0.15, 0.2) is 24.3 Å². The van der Waals surface area contributed by atoms with Crippen LogP contribution in [0.3, 0.4) is 0 Å². The van der Waals surface area contributed by atoms with Gasteiger partial charge < -0.3 is 10.0 Å². The summed E-state index contributed by atoms with van der Waals surface area (Å²) in [5.41, 5.74) is 2.07. The zero-order valence-electron chi connectivity index (χ0n) is 12.2. The summed E-state index contributed by atoms with van der Waals surface area (Å²) in [6.45, 7) is 0.620. The summed E-state index contributed by atoms with van der Waals surface area (Å²) >= 11 is 0. The molecule has 1 aromatic heterocycles. The number of rotatable bonds is 3. The molecule has 6 nitrogen and oxygen atoms in total. The van der Waals surface area contributed by atoms with Crippen molar-refractivity contribution in [2.75, 3.05) is 19.0 Å². The molecule has 3 rings (SSSR count). The molecule has 0 radical (unpaired) electrons. The van der Waals surface area contributed by atoms with Gasteiger partial charge in [0.05, 0.1) is 5.92 Å². The highest BCUT2D eigenvalue weighted by Crippen LogP contribution is 2.24. The van der Waals surface area contributed by atoms with Crippen molar-refractivity contribution in [1.82, 2.24) is 14.8 Å². The SMILES string of the molecule is CN(C)c1ccc(-c2nc3n(n2)CCC(C(=O)O)C3)cc1. The number of fused-ring (bicyclic) bond motifs is 1. The number of carboxylic acid groups (broad SMARTS) is 1. The van der Waals surface area contributed by atoms with E-state index in [9.17, 15) is 4.79 Å². The van der Waals surface area contributed by atoms with E-state index >= 15 is 0 Å². The van der Waals surface area contributed by atoms with Gasteiger partial charge in [-0.3, -0.25) is 4.79 Å². The Morgan fingerprint density at radius 1 is 1.33 bits per heavy atom. The third-order valence-electron chi connectivity index (χ3n) is 3.86. The fourth-order valence-electron chi connectivity index (χ4n) is 2.55. The van der Waals surface area contributed by atoms with E-state index in [1.54, 1.807) is 0 Å². The highest BCUT2D eigenvalue weighted by Gasteiger charge is 2.26.